The van der Waals surface area contributed by atoms with Crippen LogP contribution in [0.1, 0.15) is 38.6 Å². The molecule has 0 aliphatic heterocycles. The Balaban J connectivity index is 1.95. The van der Waals surface area contributed by atoms with Crippen molar-refractivity contribution >= 4 is 54.9 Å². The Morgan fingerprint density at radius 1 is 1.24 bits per heavy atom. The summed E-state index contributed by atoms with van der Waals surface area (Å²) in [6, 6.07) is 8.86. The molecule has 0 aliphatic carbocycles. The standard InChI is InChI=1S/C24H25Br2N3O5/c1-5-6-21-28-19-8-7-16(25)11-17(19)24(31)29(21)27-12-15-9-18(26)23(20(10-15)32-4)33-13-22(30)34-14(2)3/h7-12,14H,5-6,13H2,1-4H3. The van der Waals surface area contributed by atoms with Crippen LogP contribution in [-0.2, 0) is 16.0 Å². The van der Waals surface area contributed by atoms with Crippen LogP contribution in [0.4, 0.5) is 0 Å². The van der Waals surface area contributed by atoms with Gasteiger partial charge in [-0.05, 0) is 72.1 Å². The van der Waals surface area contributed by atoms with Gasteiger partial charge in [-0.3, -0.25) is 4.79 Å². The Bertz CT molecular complexity index is 1290. The molecule has 0 unspecified atom stereocenters. The minimum atomic E-state index is -0.479. The number of aryl methyl sites for hydroxylation is 1. The molecule has 0 aliphatic rings. The average molecular weight is 595 g/mol. The van der Waals surface area contributed by atoms with Gasteiger partial charge < -0.3 is 14.2 Å². The summed E-state index contributed by atoms with van der Waals surface area (Å²) in [6.07, 6.45) is 2.74. The van der Waals surface area contributed by atoms with Crippen LogP contribution in [0.3, 0.4) is 0 Å². The van der Waals surface area contributed by atoms with E-state index >= 15 is 0 Å². The summed E-state index contributed by atoms with van der Waals surface area (Å²) in [4.78, 5) is 29.6. The number of carbonyl (C=O) groups is 1. The van der Waals surface area contributed by atoms with Crippen LogP contribution in [0.5, 0.6) is 11.5 Å². The molecular formula is C24H25Br2N3O5. The van der Waals surface area contributed by atoms with Crippen molar-refractivity contribution in [2.24, 2.45) is 5.10 Å². The van der Waals surface area contributed by atoms with Gasteiger partial charge in [-0.15, -0.1) is 0 Å². The molecule has 1 heterocycles. The van der Waals surface area contributed by atoms with E-state index in [4.69, 9.17) is 14.2 Å². The van der Waals surface area contributed by atoms with Crippen LogP contribution in [0, 0.1) is 0 Å². The summed E-state index contributed by atoms with van der Waals surface area (Å²) in [7, 11) is 1.50. The van der Waals surface area contributed by atoms with Gasteiger partial charge in [-0.1, -0.05) is 22.9 Å². The highest BCUT2D eigenvalue weighted by molar-refractivity contribution is 9.10. The highest BCUT2D eigenvalue weighted by Gasteiger charge is 2.15. The van der Waals surface area contributed by atoms with Crippen LogP contribution in [0.2, 0.25) is 0 Å². The average Bonchev–Trinajstić information content (AvgIpc) is 2.78. The van der Waals surface area contributed by atoms with Crippen molar-refractivity contribution in [1.82, 2.24) is 9.66 Å². The Hall–Kier alpha value is -2.72. The van der Waals surface area contributed by atoms with Crippen molar-refractivity contribution in [3.05, 3.63) is 61.0 Å². The van der Waals surface area contributed by atoms with E-state index in [1.165, 1.54) is 11.8 Å². The summed E-state index contributed by atoms with van der Waals surface area (Å²) >= 11 is 6.86. The first-order valence-electron chi connectivity index (χ1n) is 10.7. The van der Waals surface area contributed by atoms with Gasteiger partial charge in [-0.25, -0.2) is 9.78 Å². The van der Waals surface area contributed by atoms with Crippen molar-refractivity contribution < 1.29 is 19.0 Å². The summed E-state index contributed by atoms with van der Waals surface area (Å²) in [5, 5.41) is 4.91. The maximum atomic E-state index is 13.2. The van der Waals surface area contributed by atoms with Gasteiger partial charge in [0.2, 0.25) is 0 Å². The van der Waals surface area contributed by atoms with Crippen molar-refractivity contribution in [3.63, 3.8) is 0 Å². The third kappa shape index (κ3) is 6.24. The molecule has 2 aromatic carbocycles. The van der Waals surface area contributed by atoms with Crippen molar-refractivity contribution in [3.8, 4) is 11.5 Å². The molecule has 0 N–H and O–H groups in total. The van der Waals surface area contributed by atoms with Crippen molar-refractivity contribution in [1.29, 1.82) is 0 Å². The molecule has 0 saturated heterocycles. The number of esters is 1. The first-order chi connectivity index (χ1) is 16.2. The largest absolute Gasteiger partial charge is 0.493 e. The van der Waals surface area contributed by atoms with E-state index in [0.717, 1.165) is 10.9 Å². The first-order valence-corrected chi connectivity index (χ1v) is 12.3. The fraction of sp³-hybridized carbons (Fsp3) is 0.333. The summed E-state index contributed by atoms with van der Waals surface area (Å²) in [6.45, 7) is 5.30. The lowest BCUT2D eigenvalue weighted by atomic mass is 10.2. The summed E-state index contributed by atoms with van der Waals surface area (Å²) in [5.74, 6) is 0.859. The molecule has 0 bridgehead atoms. The number of carbonyl (C=O) groups excluding carboxylic acids is 1. The number of rotatable bonds is 9. The Labute approximate surface area is 214 Å². The molecule has 3 aromatic rings. The van der Waals surface area contributed by atoms with Crippen LogP contribution in [0.25, 0.3) is 10.9 Å². The van der Waals surface area contributed by atoms with E-state index in [9.17, 15) is 9.59 Å². The van der Waals surface area contributed by atoms with Gasteiger partial charge >= 0.3 is 5.97 Å². The quantitative estimate of drug-likeness (QED) is 0.253. The Morgan fingerprint density at radius 2 is 2.00 bits per heavy atom. The van der Waals surface area contributed by atoms with Gasteiger partial charge in [0.15, 0.2) is 18.1 Å². The molecule has 0 atom stereocenters. The lowest BCUT2D eigenvalue weighted by Crippen LogP contribution is -2.22. The minimum Gasteiger partial charge on any atom is -0.493 e. The highest BCUT2D eigenvalue weighted by Crippen LogP contribution is 2.36. The third-order valence-corrected chi connectivity index (χ3v) is 5.71. The molecule has 0 radical (unpaired) electrons. The summed E-state index contributed by atoms with van der Waals surface area (Å²) in [5.41, 5.74) is 1.04. The van der Waals surface area contributed by atoms with Crippen molar-refractivity contribution in [2.45, 2.75) is 39.7 Å². The van der Waals surface area contributed by atoms with Crippen LogP contribution in [-0.4, -0.2) is 41.7 Å². The van der Waals surface area contributed by atoms with Crippen molar-refractivity contribution in [2.75, 3.05) is 13.7 Å². The summed E-state index contributed by atoms with van der Waals surface area (Å²) < 4.78 is 18.8. The molecular weight excluding hydrogens is 570 g/mol. The maximum Gasteiger partial charge on any atom is 0.344 e. The number of hydrogen-bond donors (Lipinski definition) is 0. The molecule has 0 spiro atoms. The molecule has 0 amide bonds. The van der Waals surface area contributed by atoms with E-state index in [-0.39, 0.29) is 18.3 Å². The molecule has 0 fully saturated rings. The lowest BCUT2D eigenvalue weighted by Gasteiger charge is -2.14. The number of ether oxygens (including phenoxy) is 3. The molecule has 180 valence electrons. The number of methoxy groups -OCH3 is 1. The smallest absolute Gasteiger partial charge is 0.344 e. The van der Waals surface area contributed by atoms with Gasteiger partial charge in [-0.2, -0.15) is 9.78 Å². The molecule has 34 heavy (non-hydrogen) atoms. The number of nitrogens with zero attached hydrogens (tertiary/aromatic N) is 3. The van der Waals surface area contributed by atoms with E-state index in [0.29, 0.717) is 44.7 Å². The van der Waals surface area contributed by atoms with Crippen LogP contribution in [0.15, 0.2) is 49.2 Å². The minimum absolute atomic E-state index is 0.230. The normalized spacial score (nSPS) is 11.4. The third-order valence-electron chi connectivity index (χ3n) is 4.62. The second-order valence-electron chi connectivity index (χ2n) is 7.66. The topological polar surface area (TPSA) is 92.0 Å². The van der Waals surface area contributed by atoms with E-state index in [2.05, 4.69) is 41.9 Å². The van der Waals surface area contributed by atoms with Gasteiger partial charge in [0.1, 0.15) is 5.82 Å². The zero-order valence-electron chi connectivity index (χ0n) is 19.3. The number of benzene rings is 2. The molecule has 1 aromatic heterocycles. The molecule has 8 nitrogen and oxygen atoms in total. The van der Waals surface area contributed by atoms with E-state index in [1.807, 2.05) is 19.1 Å². The monoisotopic (exact) mass is 593 g/mol. The van der Waals surface area contributed by atoms with Crippen LogP contribution < -0.4 is 15.0 Å². The SMILES string of the molecule is CCCc1nc2ccc(Br)cc2c(=O)n1N=Cc1cc(Br)c(OCC(=O)OC(C)C)c(OC)c1. The highest BCUT2D eigenvalue weighted by atomic mass is 79.9. The lowest BCUT2D eigenvalue weighted by molar-refractivity contribution is -0.149. The van der Waals surface area contributed by atoms with Gasteiger partial charge in [0, 0.05) is 10.9 Å². The fourth-order valence-corrected chi connectivity index (χ4v) is 4.14. The number of halogens is 2. The zero-order valence-corrected chi connectivity index (χ0v) is 22.5. The van der Waals surface area contributed by atoms with Crippen LogP contribution >= 0.6 is 31.9 Å². The maximum absolute atomic E-state index is 13.2. The zero-order chi connectivity index (χ0) is 24.8. The number of fused-ring (bicyclic) bond motifs is 1. The molecule has 3 rings (SSSR count). The Kier molecular flexibility index (Phi) is 8.84. The second kappa shape index (κ2) is 11.6. The first kappa shape index (κ1) is 25.9. The predicted molar refractivity (Wildman–Crippen MR) is 138 cm³/mol. The fourth-order valence-electron chi connectivity index (χ4n) is 3.21. The molecule has 10 heteroatoms. The second-order valence-corrected chi connectivity index (χ2v) is 9.43. The molecule has 0 saturated carbocycles. The predicted octanol–water partition coefficient (Wildman–Crippen LogP) is 5.10. The van der Waals surface area contributed by atoms with Gasteiger partial charge in [0.05, 0.1) is 34.8 Å². The van der Waals surface area contributed by atoms with E-state index in [1.54, 1.807) is 38.3 Å². The van der Waals surface area contributed by atoms with E-state index < -0.39 is 5.97 Å². The van der Waals surface area contributed by atoms with Gasteiger partial charge in [0.25, 0.3) is 5.56 Å². The Morgan fingerprint density at radius 3 is 2.68 bits per heavy atom. The number of hydrogen-bond acceptors (Lipinski definition) is 7. The number of aromatic nitrogens is 2.